The van der Waals surface area contributed by atoms with Crippen LogP contribution in [0, 0.1) is 6.92 Å². The quantitative estimate of drug-likeness (QED) is 0.527. The molecular formula is C20H18. The molecule has 4 rings (SSSR count). The maximum absolute atomic E-state index is 2.37. The minimum atomic E-state index is 0.560. The smallest absolute Gasteiger partial charge is 0.00993 e. The van der Waals surface area contributed by atoms with Gasteiger partial charge in [0.2, 0.25) is 0 Å². The van der Waals surface area contributed by atoms with Gasteiger partial charge in [-0.1, -0.05) is 67.1 Å². The summed E-state index contributed by atoms with van der Waals surface area (Å²) < 4.78 is 0. The van der Waals surface area contributed by atoms with E-state index in [1.807, 2.05) is 0 Å². The highest BCUT2D eigenvalue weighted by Gasteiger charge is 2.28. The van der Waals surface area contributed by atoms with E-state index in [0.29, 0.717) is 5.92 Å². The zero-order valence-corrected chi connectivity index (χ0v) is 12.0. The fourth-order valence-electron chi connectivity index (χ4n) is 3.68. The summed E-state index contributed by atoms with van der Waals surface area (Å²) >= 11 is 0. The maximum atomic E-state index is 2.37. The number of hydrogen-bond acceptors (Lipinski definition) is 0. The van der Waals surface area contributed by atoms with Crippen molar-refractivity contribution in [2.45, 2.75) is 26.2 Å². The van der Waals surface area contributed by atoms with Crippen molar-refractivity contribution in [2.24, 2.45) is 0 Å². The summed E-state index contributed by atoms with van der Waals surface area (Å²) in [6.45, 7) is 4.48. The molecule has 1 aliphatic rings. The van der Waals surface area contributed by atoms with Crippen molar-refractivity contribution in [3.8, 4) is 11.1 Å². The predicted octanol–water partition coefficient (Wildman–Crippen LogP) is 5.67. The molecule has 98 valence electrons. The van der Waals surface area contributed by atoms with Gasteiger partial charge in [-0.3, -0.25) is 0 Å². The van der Waals surface area contributed by atoms with Gasteiger partial charge in [-0.2, -0.15) is 0 Å². The molecule has 0 amide bonds. The van der Waals surface area contributed by atoms with E-state index in [4.69, 9.17) is 0 Å². The Morgan fingerprint density at radius 3 is 2.60 bits per heavy atom. The van der Waals surface area contributed by atoms with Gasteiger partial charge in [-0.15, -0.1) is 0 Å². The highest BCUT2D eigenvalue weighted by atomic mass is 14.3. The molecule has 0 heteroatoms. The van der Waals surface area contributed by atoms with Crippen molar-refractivity contribution in [1.82, 2.24) is 0 Å². The third kappa shape index (κ3) is 1.48. The standard InChI is InChI=1S/C20H18/c1-3-15-17-11-9-14-6-4-5-7-16(14)20(17)18-10-8-13(2)12-19(15)18/h4-12,15H,3H2,1-2H3. The molecule has 1 aliphatic carbocycles. The third-order valence-electron chi connectivity index (χ3n) is 4.60. The summed E-state index contributed by atoms with van der Waals surface area (Å²) in [5.74, 6) is 0.560. The molecule has 0 spiro atoms. The fraction of sp³-hybridized carbons (Fsp3) is 0.200. The largest absolute Gasteiger partial charge is 0.0645 e. The zero-order chi connectivity index (χ0) is 13.7. The van der Waals surface area contributed by atoms with Gasteiger partial charge in [0.05, 0.1) is 0 Å². The Bertz CT molecular complexity index is 811. The topological polar surface area (TPSA) is 0 Å². The summed E-state index contributed by atoms with van der Waals surface area (Å²) in [5, 5.41) is 2.74. The number of rotatable bonds is 1. The van der Waals surface area contributed by atoms with Gasteiger partial charge in [0.25, 0.3) is 0 Å². The summed E-state index contributed by atoms with van der Waals surface area (Å²) in [4.78, 5) is 0. The molecule has 0 nitrogen and oxygen atoms in total. The lowest BCUT2D eigenvalue weighted by Crippen LogP contribution is -1.94. The van der Waals surface area contributed by atoms with Crippen molar-refractivity contribution in [3.63, 3.8) is 0 Å². The average Bonchev–Trinajstić information content (AvgIpc) is 2.80. The monoisotopic (exact) mass is 258 g/mol. The number of benzene rings is 3. The second-order valence-electron chi connectivity index (χ2n) is 5.80. The molecule has 0 aromatic heterocycles. The molecule has 3 aromatic rings. The second kappa shape index (κ2) is 4.21. The van der Waals surface area contributed by atoms with Crippen LogP contribution in [0.5, 0.6) is 0 Å². The Morgan fingerprint density at radius 1 is 0.900 bits per heavy atom. The van der Waals surface area contributed by atoms with Crippen molar-refractivity contribution in [1.29, 1.82) is 0 Å². The predicted molar refractivity (Wildman–Crippen MR) is 86.3 cm³/mol. The molecule has 0 aliphatic heterocycles. The Hall–Kier alpha value is -2.08. The first-order chi connectivity index (χ1) is 9.79. The van der Waals surface area contributed by atoms with Gasteiger partial charge in [0.15, 0.2) is 0 Å². The molecule has 0 saturated carbocycles. The summed E-state index contributed by atoms with van der Waals surface area (Å²) in [7, 11) is 0. The Kier molecular flexibility index (Phi) is 2.47. The van der Waals surface area contributed by atoms with Crippen LogP contribution in [0.4, 0.5) is 0 Å². The van der Waals surface area contributed by atoms with Gasteiger partial charge in [0.1, 0.15) is 0 Å². The van der Waals surface area contributed by atoms with Gasteiger partial charge in [-0.05, 0) is 46.4 Å². The van der Waals surface area contributed by atoms with E-state index in [1.54, 1.807) is 0 Å². The summed E-state index contributed by atoms with van der Waals surface area (Å²) in [5.41, 5.74) is 7.28. The molecule has 0 heterocycles. The first-order valence-corrected chi connectivity index (χ1v) is 7.42. The molecule has 0 saturated heterocycles. The fourth-order valence-corrected chi connectivity index (χ4v) is 3.68. The molecule has 1 atom stereocenters. The minimum Gasteiger partial charge on any atom is -0.0645 e. The number of hydrogen-bond donors (Lipinski definition) is 0. The van der Waals surface area contributed by atoms with E-state index < -0.39 is 0 Å². The van der Waals surface area contributed by atoms with E-state index in [9.17, 15) is 0 Å². The summed E-state index contributed by atoms with van der Waals surface area (Å²) in [6, 6.07) is 20.3. The lowest BCUT2D eigenvalue weighted by Gasteiger charge is -2.11. The van der Waals surface area contributed by atoms with E-state index in [0.717, 1.165) is 0 Å². The first kappa shape index (κ1) is 11.7. The van der Waals surface area contributed by atoms with E-state index >= 15 is 0 Å². The first-order valence-electron chi connectivity index (χ1n) is 7.42. The van der Waals surface area contributed by atoms with Crippen molar-refractivity contribution >= 4 is 10.8 Å². The highest BCUT2D eigenvalue weighted by Crippen LogP contribution is 2.49. The molecule has 1 unspecified atom stereocenters. The zero-order valence-electron chi connectivity index (χ0n) is 12.0. The Labute approximate surface area is 120 Å². The van der Waals surface area contributed by atoms with E-state index in [-0.39, 0.29) is 0 Å². The van der Waals surface area contributed by atoms with Crippen LogP contribution in [0.2, 0.25) is 0 Å². The Balaban J connectivity index is 2.13. The lowest BCUT2D eigenvalue weighted by molar-refractivity contribution is 0.797. The minimum absolute atomic E-state index is 0.560. The lowest BCUT2D eigenvalue weighted by atomic mass is 9.93. The van der Waals surface area contributed by atoms with Crippen LogP contribution in [0.1, 0.15) is 36.0 Å². The molecule has 20 heavy (non-hydrogen) atoms. The van der Waals surface area contributed by atoms with Crippen molar-refractivity contribution in [3.05, 3.63) is 71.3 Å². The van der Waals surface area contributed by atoms with Crippen LogP contribution in [-0.2, 0) is 0 Å². The van der Waals surface area contributed by atoms with Gasteiger partial charge >= 0.3 is 0 Å². The van der Waals surface area contributed by atoms with Crippen LogP contribution in [0.3, 0.4) is 0 Å². The van der Waals surface area contributed by atoms with Crippen molar-refractivity contribution < 1.29 is 0 Å². The third-order valence-corrected chi connectivity index (χ3v) is 4.60. The van der Waals surface area contributed by atoms with Crippen LogP contribution in [-0.4, -0.2) is 0 Å². The molecular weight excluding hydrogens is 240 g/mol. The summed E-state index contributed by atoms with van der Waals surface area (Å²) in [6.07, 6.45) is 1.17. The maximum Gasteiger partial charge on any atom is 0.00993 e. The average molecular weight is 258 g/mol. The van der Waals surface area contributed by atoms with Crippen LogP contribution in [0.15, 0.2) is 54.6 Å². The Morgan fingerprint density at radius 2 is 1.75 bits per heavy atom. The molecule has 0 N–H and O–H groups in total. The van der Waals surface area contributed by atoms with Crippen LogP contribution < -0.4 is 0 Å². The van der Waals surface area contributed by atoms with E-state index in [2.05, 4.69) is 68.4 Å². The van der Waals surface area contributed by atoms with E-state index in [1.165, 1.54) is 45.0 Å². The van der Waals surface area contributed by atoms with Gasteiger partial charge in [0, 0.05) is 5.92 Å². The van der Waals surface area contributed by atoms with Crippen molar-refractivity contribution in [2.75, 3.05) is 0 Å². The molecule has 0 bridgehead atoms. The highest BCUT2D eigenvalue weighted by molar-refractivity contribution is 6.01. The molecule has 0 fully saturated rings. The second-order valence-corrected chi connectivity index (χ2v) is 5.80. The van der Waals surface area contributed by atoms with Crippen LogP contribution >= 0.6 is 0 Å². The molecule has 3 aromatic carbocycles. The number of fused-ring (bicyclic) bond motifs is 5. The van der Waals surface area contributed by atoms with Gasteiger partial charge in [-0.25, -0.2) is 0 Å². The van der Waals surface area contributed by atoms with Gasteiger partial charge < -0.3 is 0 Å². The molecule has 0 radical (unpaired) electrons. The number of aryl methyl sites for hydroxylation is 1. The normalized spacial score (nSPS) is 16.2. The van der Waals surface area contributed by atoms with Crippen LogP contribution in [0.25, 0.3) is 21.9 Å². The SMILES string of the molecule is CCC1c2cc(C)ccc2-c2c1ccc1ccccc21.